The Morgan fingerprint density at radius 3 is 1.36 bits per heavy atom. The van der Waals surface area contributed by atoms with Crippen LogP contribution in [0.4, 0.5) is 4.79 Å². The molecule has 0 unspecified atom stereocenters. The van der Waals surface area contributed by atoms with Gasteiger partial charge in [-0.25, -0.2) is 4.79 Å². The van der Waals surface area contributed by atoms with E-state index in [0.29, 0.717) is 45.4 Å². The second kappa shape index (κ2) is 36.9. The molecular formula is C41H81N3O6. The summed E-state index contributed by atoms with van der Waals surface area (Å²) in [7, 11) is 6.15. The first-order valence-corrected chi connectivity index (χ1v) is 20.9. The molecule has 0 aliphatic heterocycles. The van der Waals surface area contributed by atoms with Crippen LogP contribution in [0.3, 0.4) is 0 Å². The maximum Gasteiger partial charge on any atom is 0.407 e. The average molecular weight is 712 g/mol. The van der Waals surface area contributed by atoms with Crippen molar-refractivity contribution in [2.24, 2.45) is 0 Å². The number of hydrogen-bond donors (Lipinski definition) is 1. The number of nitrogens with zero attached hydrogens (tertiary/aromatic N) is 2. The van der Waals surface area contributed by atoms with Gasteiger partial charge in [0.15, 0.2) is 0 Å². The van der Waals surface area contributed by atoms with Gasteiger partial charge in [-0.1, -0.05) is 117 Å². The van der Waals surface area contributed by atoms with E-state index in [1.807, 2.05) is 7.05 Å². The van der Waals surface area contributed by atoms with Gasteiger partial charge in [-0.2, -0.15) is 0 Å². The number of likely N-dealkylation sites (N-methyl/N-ethyl adjacent to an activating group) is 2. The Kier molecular flexibility index (Phi) is 35.5. The van der Waals surface area contributed by atoms with E-state index in [-0.39, 0.29) is 18.0 Å². The van der Waals surface area contributed by atoms with E-state index in [2.05, 4.69) is 43.1 Å². The van der Waals surface area contributed by atoms with E-state index in [1.165, 1.54) is 89.9 Å². The highest BCUT2D eigenvalue weighted by molar-refractivity contribution is 5.69. The molecule has 9 nitrogen and oxygen atoms in total. The third-order valence-electron chi connectivity index (χ3n) is 9.30. The lowest BCUT2D eigenvalue weighted by atomic mass is 10.1. The fourth-order valence-corrected chi connectivity index (χ4v) is 5.91. The number of amides is 1. The average Bonchev–Trinajstić information content (AvgIpc) is 3.08. The molecule has 0 aromatic carbocycles. The minimum Gasteiger partial charge on any atom is -0.466 e. The largest absolute Gasteiger partial charge is 0.466 e. The Bertz CT molecular complexity index is 737. The number of carbonyl (C=O) groups excluding carboxylic acids is 3. The summed E-state index contributed by atoms with van der Waals surface area (Å²) in [5.74, 6) is -0.217. The zero-order valence-electron chi connectivity index (χ0n) is 33.5. The lowest BCUT2D eigenvalue weighted by molar-refractivity contribution is -0.144. The maximum absolute atomic E-state index is 12.6. The minimum absolute atomic E-state index is 0.108. The molecule has 0 aromatic heterocycles. The standard InChI is InChI=1S/C41H81N3O6/c1-6-8-10-12-14-16-18-20-22-30-39(45)48-36-26-24-28-38(50-41(47)42-32-33-44(5)35-34-43(3)4)29-25-27-37-49-40(46)31-23-21-19-17-15-13-11-9-7-2/h38H,6-37H2,1-5H3,(H,42,47). The van der Waals surface area contributed by atoms with Gasteiger partial charge < -0.3 is 29.3 Å². The Hall–Kier alpha value is -1.87. The van der Waals surface area contributed by atoms with Crippen molar-refractivity contribution in [3.05, 3.63) is 0 Å². The normalized spacial score (nSPS) is 11.4. The molecule has 0 aromatic rings. The van der Waals surface area contributed by atoms with Gasteiger partial charge in [0.25, 0.3) is 0 Å². The monoisotopic (exact) mass is 712 g/mol. The molecule has 1 amide bonds. The van der Waals surface area contributed by atoms with Gasteiger partial charge in [-0.05, 0) is 72.5 Å². The lowest BCUT2D eigenvalue weighted by Crippen LogP contribution is -2.37. The topological polar surface area (TPSA) is 97.4 Å². The van der Waals surface area contributed by atoms with Crippen LogP contribution in [-0.4, -0.2) is 94.5 Å². The molecule has 0 saturated carbocycles. The van der Waals surface area contributed by atoms with Gasteiger partial charge in [-0.3, -0.25) is 9.59 Å². The quantitative estimate of drug-likeness (QED) is 0.0387. The van der Waals surface area contributed by atoms with Gasteiger partial charge >= 0.3 is 18.0 Å². The second-order valence-electron chi connectivity index (χ2n) is 14.7. The number of carbonyl (C=O) groups is 3. The molecule has 0 atom stereocenters. The summed E-state index contributed by atoms with van der Waals surface area (Å²) in [6, 6.07) is 0. The predicted octanol–water partition coefficient (Wildman–Crippen LogP) is 9.84. The number of rotatable bonds is 37. The number of hydrogen-bond acceptors (Lipinski definition) is 8. The van der Waals surface area contributed by atoms with Crippen molar-refractivity contribution in [3.8, 4) is 0 Å². The van der Waals surface area contributed by atoms with Crippen LogP contribution in [0.2, 0.25) is 0 Å². The van der Waals surface area contributed by atoms with Crippen LogP contribution in [0, 0.1) is 0 Å². The lowest BCUT2D eigenvalue weighted by Gasteiger charge is -2.21. The summed E-state index contributed by atoms with van der Waals surface area (Å²) >= 11 is 0. The van der Waals surface area contributed by atoms with Crippen molar-refractivity contribution >= 4 is 18.0 Å². The van der Waals surface area contributed by atoms with Gasteiger partial charge in [0.1, 0.15) is 6.10 Å². The van der Waals surface area contributed by atoms with E-state index in [4.69, 9.17) is 14.2 Å². The second-order valence-corrected chi connectivity index (χ2v) is 14.7. The molecule has 296 valence electrons. The molecule has 50 heavy (non-hydrogen) atoms. The van der Waals surface area contributed by atoms with Crippen molar-refractivity contribution in [1.82, 2.24) is 15.1 Å². The van der Waals surface area contributed by atoms with Crippen LogP contribution in [0.5, 0.6) is 0 Å². The fourth-order valence-electron chi connectivity index (χ4n) is 5.91. The molecule has 0 radical (unpaired) electrons. The summed E-state index contributed by atoms with van der Waals surface area (Å²) in [5, 5.41) is 2.90. The summed E-state index contributed by atoms with van der Waals surface area (Å²) in [6.45, 7) is 8.47. The van der Waals surface area contributed by atoms with Crippen molar-refractivity contribution < 1.29 is 28.6 Å². The van der Waals surface area contributed by atoms with Crippen molar-refractivity contribution in [3.63, 3.8) is 0 Å². The van der Waals surface area contributed by atoms with Crippen molar-refractivity contribution in [2.75, 3.05) is 60.5 Å². The van der Waals surface area contributed by atoms with Gasteiger partial charge in [0.05, 0.1) is 13.2 Å². The number of esters is 2. The maximum atomic E-state index is 12.6. The summed E-state index contributed by atoms with van der Waals surface area (Å²) in [4.78, 5) is 41.3. The first-order chi connectivity index (χ1) is 24.3. The molecule has 0 aliphatic rings. The highest BCUT2D eigenvalue weighted by atomic mass is 16.6. The fraction of sp³-hybridized carbons (Fsp3) is 0.927. The third kappa shape index (κ3) is 35.9. The van der Waals surface area contributed by atoms with E-state index in [1.54, 1.807) is 0 Å². The van der Waals surface area contributed by atoms with Crippen LogP contribution in [0.25, 0.3) is 0 Å². The number of alkyl carbamates (subject to hydrolysis) is 1. The van der Waals surface area contributed by atoms with E-state index < -0.39 is 6.09 Å². The van der Waals surface area contributed by atoms with Gasteiger partial charge in [-0.15, -0.1) is 0 Å². The van der Waals surface area contributed by atoms with Crippen LogP contribution in [0.15, 0.2) is 0 Å². The Morgan fingerprint density at radius 2 is 0.940 bits per heavy atom. The molecule has 0 aliphatic carbocycles. The van der Waals surface area contributed by atoms with E-state index in [9.17, 15) is 14.4 Å². The smallest absolute Gasteiger partial charge is 0.407 e. The summed E-state index contributed by atoms with van der Waals surface area (Å²) in [5.41, 5.74) is 0. The predicted molar refractivity (Wildman–Crippen MR) is 208 cm³/mol. The molecule has 0 saturated heterocycles. The molecule has 0 rings (SSSR count). The number of unbranched alkanes of at least 4 members (excludes halogenated alkanes) is 18. The van der Waals surface area contributed by atoms with Crippen molar-refractivity contribution in [2.45, 2.75) is 187 Å². The first kappa shape index (κ1) is 48.1. The number of nitrogens with one attached hydrogen (secondary N) is 1. The van der Waals surface area contributed by atoms with E-state index >= 15 is 0 Å². The zero-order valence-corrected chi connectivity index (χ0v) is 33.5. The number of ether oxygens (including phenoxy) is 3. The molecule has 0 heterocycles. The molecule has 1 N–H and O–H groups in total. The van der Waals surface area contributed by atoms with Gasteiger partial charge in [0, 0.05) is 39.0 Å². The highest BCUT2D eigenvalue weighted by Crippen LogP contribution is 2.15. The molecular weight excluding hydrogens is 630 g/mol. The Labute approximate surface area is 308 Å². The third-order valence-corrected chi connectivity index (χ3v) is 9.30. The summed E-state index contributed by atoms with van der Waals surface area (Å²) in [6.07, 6.45) is 27.0. The van der Waals surface area contributed by atoms with Crippen molar-refractivity contribution in [1.29, 1.82) is 0 Å². The van der Waals surface area contributed by atoms with Crippen LogP contribution in [0.1, 0.15) is 181 Å². The molecule has 0 bridgehead atoms. The zero-order chi connectivity index (χ0) is 36.9. The molecule has 0 spiro atoms. The SMILES string of the molecule is CCCCCCCCCCCC(=O)OCCCCC(CCCCOC(=O)CCCCCCCCCCC)OC(=O)NCCN(C)CCN(C)C. The van der Waals surface area contributed by atoms with Gasteiger partial charge in [0.2, 0.25) is 0 Å². The summed E-state index contributed by atoms with van der Waals surface area (Å²) < 4.78 is 16.8. The van der Waals surface area contributed by atoms with Crippen LogP contribution >= 0.6 is 0 Å². The first-order valence-electron chi connectivity index (χ1n) is 20.9. The van der Waals surface area contributed by atoms with Crippen LogP contribution < -0.4 is 5.32 Å². The van der Waals surface area contributed by atoms with Crippen LogP contribution in [-0.2, 0) is 23.8 Å². The Balaban J connectivity index is 4.29. The highest BCUT2D eigenvalue weighted by Gasteiger charge is 2.15. The Morgan fingerprint density at radius 1 is 0.520 bits per heavy atom. The molecule has 0 fully saturated rings. The van der Waals surface area contributed by atoms with E-state index in [0.717, 1.165) is 71.0 Å². The molecule has 9 heteroatoms. The minimum atomic E-state index is -0.393.